The highest BCUT2D eigenvalue weighted by Gasteiger charge is 2.60. The molecule has 16 atom stereocenters. The third-order valence-corrected chi connectivity index (χ3v) is 17.6. The van der Waals surface area contributed by atoms with Crippen molar-refractivity contribution in [2.24, 2.45) is 46.8 Å². The molecule has 4 bridgehead atoms. The minimum atomic E-state index is -2.35. The normalized spacial score (nSPS) is 36.3. The van der Waals surface area contributed by atoms with Crippen LogP contribution in [0.25, 0.3) is 6.08 Å². The molecule has 2 aromatic rings. The van der Waals surface area contributed by atoms with Crippen LogP contribution in [0, 0.1) is 46.8 Å². The molecule has 14 heteroatoms. The van der Waals surface area contributed by atoms with Crippen LogP contribution in [0.15, 0.2) is 54.1 Å². The topological polar surface area (TPSA) is 225 Å². The lowest BCUT2D eigenvalue weighted by Gasteiger charge is -2.59. The number of aromatic hydroxyl groups is 1. The number of carbonyl (C=O) groups excluding carboxylic acids is 2. The Balaban J connectivity index is 1.10. The van der Waals surface area contributed by atoms with E-state index >= 15 is 4.79 Å². The number of phenolic OH excluding ortho intramolecular Hbond substituents is 1. The molecule has 5 aliphatic carbocycles. The van der Waals surface area contributed by atoms with E-state index in [4.69, 9.17) is 18.9 Å². The number of methoxy groups -OCH3 is 1. The van der Waals surface area contributed by atoms with Gasteiger partial charge >= 0.3 is 11.9 Å². The van der Waals surface area contributed by atoms with Crippen molar-refractivity contribution >= 4 is 18.0 Å². The molecule has 2 aromatic carbocycles. The first-order chi connectivity index (χ1) is 33.5. The molecular weight excluding hydrogens is 895 g/mol. The summed E-state index contributed by atoms with van der Waals surface area (Å²) in [5.41, 5.74) is 3.45. The Morgan fingerprint density at radius 2 is 1.81 bits per heavy atom. The number of benzene rings is 2. The molecule has 70 heavy (non-hydrogen) atoms. The number of hydrogen-bond acceptors (Lipinski definition) is 14. The highest BCUT2D eigenvalue weighted by Crippen LogP contribution is 2.62. The largest absolute Gasteiger partial charge is 0.504 e. The molecular formula is C56H79NO13. The Hall–Kier alpha value is -3.86. The fraction of sp³-hybridized carbons (Fsp3) is 0.679. The van der Waals surface area contributed by atoms with E-state index in [0.717, 1.165) is 68.1 Å². The first kappa shape index (κ1) is 52.5. The van der Waals surface area contributed by atoms with Gasteiger partial charge in [0.05, 0.1) is 25.4 Å². The van der Waals surface area contributed by atoms with E-state index in [1.165, 1.54) is 19.3 Å². The minimum absolute atomic E-state index is 0.0170. The molecule has 9 rings (SSSR count). The van der Waals surface area contributed by atoms with Gasteiger partial charge in [0.25, 0.3) is 0 Å². The monoisotopic (exact) mass is 974 g/mol. The number of ether oxygens (including phenoxy) is 4. The second-order valence-corrected chi connectivity index (χ2v) is 22.3. The number of phenols is 1. The van der Waals surface area contributed by atoms with Gasteiger partial charge in [0.15, 0.2) is 23.7 Å². The van der Waals surface area contributed by atoms with Gasteiger partial charge in [-0.2, -0.15) is 0 Å². The molecule has 5 fully saturated rings. The molecule has 2 heterocycles. The summed E-state index contributed by atoms with van der Waals surface area (Å²) in [5.74, 6) is -2.05. The van der Waals surface area contributed by atoms with Gasteiger partial charge < -0.3 is 60.0 Å². The number of carbonyl (C=O) groups is 2. The molecule has 4 saturated carbocycles. The van der Waals surface area contributed by atoms with Gasteiger partial charge in [-0.3, -0.25) is 4.79 Å². The Morgan fingerprint density at radius 1 is 1.01 bits per heavy atom. The SMILES string of the molecule is COc1cc(C=C(CC2c3cc(CCO)ccc3CCC2CO)C(=O)OC2C(OC(=O)CCC3CC(C)CC4CCC(C(C)C)C5CCC34CC5O)C(O)C3OC2(O)C=CC3NCC(C)O)ccc1O. The molecule has 0 radical (unpaired) electrons. The Labute approximate surface area is 413 Å². The third-order valence-electron chi connectivity index (χ3n) is 17.6. The van der Waals surface area contributed by atoms with Crippen LogP contribution in [-0.4, -0.2) is 123 Å². The van der Waals surface area contributed by atoms with Crippen molar-refractivity contribution in [3.05, 3.63) is 76.4 Å². The second-order valence-electron chi connectivity index (χ2n) is 22.3. The molecule has 386 valence electrons. The molecule has 16 unspecified atom stereocenters. The number of nitrogens with one attached hydrogen (secondary N) is 1. The average molecular weight is 974 g/mol. The summed E-state index contributed by atoms with van der Waals surface area (Å²) >= 11 is 0. The van der Waals surface area contributed by atoms with Gasteiger partial charge in [0.2, 0.25) is 5.79 Å². The highest BCUT2D eigenvalue weighted by molar-refractivity contribution is 5.94. The van der Waals surface area contributed by atoms with E-state index in [-0.39, 0.29) is 84.9 Å². The second kappa shape index (κ2) is 22.1. The number of aliphatic hydroxyl groups is 6. The summed E-state index contributed by atoms with van der Waals surface area (Å²) in [7, 11) is 1.42. The van der Waals surface area contributed by atoms with Gasteiger partial charge in [-0.05, 0) is 183 Å². The zero-order valence-electron chi connectivity index (χ0n) is 41.8. The predicted octanol–water partition coefficient (Wildman–Crippen LogP) is 5.88. The van der Waals surface area contributed by atoms with Gasteiger partial charge in [-0.25, -0.2) is 4.79 Å². The van der Waals surface area contributed by atoms with Crippen LogP contribution < -0.4 is 10.1 Å². The fourth-order valence-corrected chi connectivity index (χ4v) is 14.0. The van der Waals surface area contributed by atoms with Crippen LogP contribution >= 0.6 is 0 Å². The summed E-state index contributed by atoms with van der Waals surface area (Å²) in [6.07, 6.45) is 6.71. The zero-order valence-corrected chi connectivity index (χ0v) is 41.8. The van der Waals surface area contributed by atoms with E-state index in [1.807, 2.05) is 18.2 Å². The van der Waals surface area contributed by atoms with Crippen LogP contribution in [-0.2, 0) is 36.6 Å². The lowest BCUT2D eigenvalue weighted by molar-refractivity contribution is -0.333. The summed E-state index contributed by atoms with van der Waals surface area (Å²) in [5, 5.41) is 80.6. The summed E-state index contributed by atoms with van der Waals surface area (Å²) in [6, 6.07) is 9.94. The molecule has 8 N–H and O–H groups in total. The van der Waals surface area contributed by atoms with Crippen molar-refractivity contribution in [2.75, 3.05) is 26.9 Å². The van der Waals surface area contributed by atoms with Crippen LogP contribution in [0.4, 0.5) is 0 Å². The first-order valence-electron chi connectivity index (χ1n) is 26.2. The van der Waals surface area contributed by atoms with Gasteiger partial charge in [-0.15, -0.1) is 0 Å². The standard InChI is InChI=1S/C56H79NO13/c1-31(2)41-13-11-39-22-32(3)23-40(55(39)19-16-42(41)47(62)28-55)12-15-49(63)68-52-50(64)51-45(57-29-33(4)60)17-20-56(66,70-51)53(52)69-54(65)38(24-35-7-14-46(61)48(26-35)67-5)27-44-37(30-59)10-9-36-8-6-34(18-21-58)25-43(36)44/h6-8,14,17,20,24-26,31-33,37,39-42,44-45,47,50-53,57-62,64,66H,9-13,15-16,18-19,21-23,27-30H2,1-5H3. The number of rotatable bonds is 17. The van der Waals surface area contributed by atoms with E-state index in [9.17, 15) is 40.5 Å². The molecule has 0 amide bonds. The quantitative estimate of drug-likeness (QED) is 0.0527. The number of fused-ring (bicyclic) bond motifs is 7. The maximum absolute atomic E-state index is 15.0. The van der Waals surface area contributed by atoms with E-state index in [1.54, 1.807) is 31.2 Å². The maximum Gasteiger partial charge on any atom is 0.334 e. The lowest BCUT2D eigenvalue weighted by Crippen LogP contribution is -2.71. The molecule has 2 aliphatic heterocycles. The summed E-state index contributed by atoms with van der Waals surface area (Å²) < 4.78 is 24.1. The van der Waals surface area contributed by atoms with Crippen molar-refractivity contribution < 1.29 is 64.3 Å². The first-order valence-corrected chi connectivity index (χ1v) is 26.2. The van der Waals surface area contributed by atoms with E-state index in [0.29, 0.717) is 48.5 Å². The highest BCUT2D eigenvalue weighted by atomic mass is 16.7. The molecule has 14 nitrogen and oxygen atoms in total. The molecule has 1 saturated heterocycles. The van der Waals surface area contributed by atoms with Crippen LogP contribution in [0.3, 0.4) is 0 Å². The van der Waals surface area contributed by atoms with Crippen molar-refractivity contribution in [3.8, 4) is 11.5 Å². The Bertz CT molecular complexity index is 2210. The Morgan fingerprint density at radius 3 is 2.53 bits per heavy atom. The van der Waals surface area contributed by atoms with Crippen molar-refractivity contribution in [1.82, 2.24) is 5.32 Å². The average Bonchev–Trinajstić information content (AvgIpc) is 3.32. The summed E-state index contributed by atoms with van der Waals surface area (Å²) in [6.45, 7) is 8.39. The minimum Gasteiger partial charge on any atom is -0.504 e. The molecule has 0 aromatic heterocycles. The zero-order chi connectivity index (χ0) is 50.1. The van der Waals surface area contributed by atoms with Gasteiger partial charge in [0.1, 0.15) is 12.2 Å². The van der Waals surface area contributed by atoms with Gasteiger partial charge in [0, 0.05) is 31.8 Å². The maximum atomic E-state index is 15.0. The number of esters is 2. The van der Waals surface area contributed by atoms with Crippen LogP contribution in [0.1, 0.15) is 126 Å². The van der Waals surface area contributed by atoms with E-state index < -0.39 is 54.3 Å². The Kier molecular flexibility index (Phi) is 16.6. The van der Waals surface area contributed by atoms with Crippen LogP contribution in [0.2, 0.25) is 0 Å². The number of aliphatic hydroxyl groups excluding tert-OH is 5. The predicted molar refractivity (Wildman–Crippen MR) is 262 cm³/mol. The van der Waals surface area contributed by atoms with Crippen molar-refractivity contribution in [2.45, 2.75) is 166 Å². The molecule has 7 aliphatic rings. The smallest absolute Gasteiger partial charge is 0.334 e. The van der Waals surface area contributed by atoms with Gasteiger partial charge in [-0.1, -0.05) is 51.1 Å². The number of aryl methyl sites for hydroxylation is 1. The van der Waals surface area contributed by atoms with Crippen molar-refractivity contribution in [3.63, 3.8) is 0 Å². The molecule has 1 spiro atoms. The lowest BCUT2D eigenvalue weighted by atomic mass is 9.46. The van der Waals surface area contributed by atoms with Crippen LogP contribution in [0.5, 0.6) is 11.5 Å². The fourth-order valence-electron chi connectivity index (χ4n) is 14.0. The number of hydrogen-bond donors (Lipinski definition) is 8. The summed E-state index contributed by atoms with van der Waals surface area (Å²) in [4.78, 5) is 29.4. The third kappa shape index (κ3) is 10.9. The van der Waals surface area contributed by atoms with Crippen molar-refractivity contribution in [1.29, 1.82) is 0 Å². The van der Waals surface area contributed by atoms with E-state index in [2.05, 4.69) is 26.1 Å².